The van der Waals surface area contributed by atoms with Crippen molar-refractivity contribution in [1.82, 2.24) is 14.7 Å². The third kappa shape index (κ3) is 4.86. The van der Waals surface area contributed by atoms with Gasteiger partial charge in [0.1, 0.15) is 11.6 Å². The lowest BCUT2D eigenvalue weighted by Gasteiger charge is -2.36. The number of H-pyrrole nitrogens is 1. The van der Waals surface area contributed by atoms with Crippen molar-refractivity contribution in [2.45, 2.75) is 44.6 Å². The van der Waals surface area contributed by atoms with E-state index in [4.69, 9.17) is 9.72 Å². The van der Waals surface area contributed by atoms with Gasteiger partial charge in [-0.3, -0.25) is 9.59 Å². The van der Waals surface area contributed by atoms with Crippen LogP contribution in [0.5, 0.6) is 5.75 Å². The Bertz CT molecular complexity index is 1430. The molecule has 10 heteroatoms. The van der Waals surface area contributed by atoms with Gasteiger partial charge in [0.2, 0.25) is 0 Å². The fourth-order valence-corrected chi connectivity index (χ4v) is 5.36. The summed E-state index contributed by atoms with van der Waals surface area (Å²) in [7, 11) is -4.39. The quantitative estimate of drug-likeness (QED) is 0.498. The molecule has 0 spiro atoms. The van der Waals surface area contributed by atoms with Crippen molar-refractivity contribution < 1.29 is 17.9 Å². The smallest absolute Gasteiger partial charge is 0.269 e. The Morgan fingerprint density at radius 1 is 1.19 bits per heavy atom. The maximum atomic E-state index is 13.3. The molecular formula is C26H30N4O5S. The highest BCUT2D eigenvalue weighted by molar-refractivity contribution is 7.90. The summed E-state index contributed by atoms with van der Waals surface area (Å²) in [5.74, 6) is 0.615. The molecule has 36 heavy (non-hydrogen) atoms. The van der Waals surface area contributed by atoms with Crippen molar-refractivity contribution in [3.63, 3.8) is 0 Å². The van der Waals surface area contributed by atoms with Gasteiger partial charge in [-0.25, -0.2) is 18.1 Å². The maximum Gasteiger partial charge on any atom is 0.269 e. The average Bonchev–Trinajstić information content (AvgIpc) is 3.11. The Balaban J connectivity index is 1.76. The molecule has 1 aromatic carbocycles. The first-order chi connectivity index (χ1) is 17.0. The molecule has 3 aromatic rings. The fraction of sp³-hybridized carbons (Fsp3) is 0.346. The van der Waals surface area contributed by atoms with Crippen LogP contribution in [0.3, 0.4) is 0 Å². The number of amides is 1. The Kier molecular flexibility index (Phi) is 6.90. The third-order valence-electron chi connectivity index (χ3n) is 6.82. The van der Waals surface area contributed by atoms with Gasteiger partial charge in [-0.05, 0) is 81.6 Å². The second-order valence-corrected chi connectivity index (χ2v) is 11.0. The van der Waals surface area contributed by atoms with Crippen LogP contribution in [0.4, 0.5) is 5.82 Å². The minimum absolute atomic E-state index is 0.114. The van der Waals surface area contributed by atoms with E-state index in [2.05, 4.69) is 25.8 Å². The summed E-state index contributed by atoms with van der Waals surface area (Å²) in [5.41, 5.74) is 0.469. The molecule has 0 radical (unpaired) electrons. The largest absolute Gasteiger partial charge is 0.494 e. The molecule has 1 fully saturated rings. The van der Waals surface area contributed by atoms with Crippen LogP contribution in [0, 0.1) is 5.92 Å². The molecular weight excluding hydrogens is 480 g/mol. The molecule has 3 heterocycles. The first-order valence-electron chi connectivity index (χ1n) is 11.8. The molecule has 1 saturated heterocycles. The zero-order valence-corrected chi connectivity index (χ0v) is 21.6. The number of ether oxygens (including phenoxy) is 1. The number of hydrogen-bond acceptors (Lipinski definition) is 7. The minimum Gasteiger partial charge on any atom is -0.494 e. The monoisotopic (exact) mass is 510 g/mol. The van der Waals surface area contributed by atoms with E-state index in [-0.39, 0.29) is 11.1 Å². The summed E-state index contributed by atoms with van der Waals surface area (Å²) < 4.78 is 33.2. The van der Waals surface area contributed by atoms with Crippen LogP contribution in [0.15, 0.2) is 64.4 Å². The van der Waals surface area contributed by atoms with Crippen molar-refractivity contribution in [1.29, 1.82) is 0 Å². The van der Waals surface area contributed by atoms with Crippen LogP contribution in [0.1, 0.15) is 44.5 Å². The lowest BCUT2D eigenvalue weighted by molar-refractivity contribution is 0.0981. The van der Waals surface area contributed by atoms with E-state index >= 15 is 0 Å². The molecule has 4 rings (SSSR count). The van der Waals surface area contributed by atoms with Crippen LogP contribution in [0.2, 0.25) is 0 Å². The lowest BCUT2D eigenvalue weighted by Crippen LogP contribution is -2.44. The van der Waals surface area contributed by atoms with Crippen molar-refractivity contribution >= 4 is 21.7 Å². The fourth-order valence-electron chi connectivity index (χ4n) is 4.34. The van der Waals surface area contributed by atoms with E-state index in [1.807, 2.05) is 40.8 Å². The van der Waals surface area contributed by atoms with E-state index in [1.165, 1.54) is 12.3 Å². The minimum atomic E-state index is -4.39. The lowest BCUT2D eigenvalue weighted by atomic mass is 9.90. The number of carbonyl (C=O) groups excluding carboxylic acids is 1. The molecule has 1 aliphatic heterocycles. The SMILES string of the molecule is CCOc1ccc(-c2ccc(C(=O)NS(=O)(=O)c3ccc[nH]c3=O)c(N3CCC(C)C3(C)C)n2)cc1. The van der Waals surface area contributed by atoms with Gasteiger partial charge in [-0.15, -0.1) is 0 Å². The van der Waals surface area contributed by atoms with Gasteiger partial charge in [0.25, 0.3) is 21.5 Å². The highest BCUT2D eigenvalue weighted by atomic mass is 32.2. The molecule has 0 bridgehead atoms. The molecule has 0 aliphatic carbocycles. The second-order valence-electron chi connectivity index (χ2n) is 9.32. The van der Waals surface area contributed by atoms with Gasteiger partial charge in [0.05, 0.1) is 17.9 Å². The number of sulfonamides is 1. The predicted octanol–water partition coefficient (Wildman–Crippen LogP) is 3.58. The van der Waals surface area contributed by atoms with E-state index in [9.17, 15) is 18.0 Å². The first-order valence-corrected chi connectivity index (χ1v) is 13.3. The highest BCUT2D eigenvalue weighted by Crippen LogP contribution is 2.39. The zero-order chi connectivity index (χ0) is 26.1. The van der Waals surface area contributed by atoms with Crippen LogP contribution >= 0.6 is 0 Å². The summed E-state index contributed by atoms with van der Waals surface area (Å²) in [6.07, 6.45) is 2.22. The van der Waals surface area contributed by atoms with Gasteiger partial charge in [-0.2, -0.15) is 0 Å². The summed E-state index contributed by atoms with van der Waals surface area (Å²) in [5, 5.41) is 0. The van der Waals surface area contributed by atoms with Crippen molar-refractivity contribution in [2.24, 2.45) is 5.92 Å². The van der Waals surface area contributed by atoms with Gasteiger partial charge in [0, 0.05) is 23.8 Å². The van der Waals surface area contributed by atoms with Crippen LogP contribution < -0.4 is 19.9 Å². The molecule has 9 nitrogen and oxygen atoms in total. The summed E-state index contributed by atoms with van der Waals surface area (Å²) in [6.45, 7) is 9.45. The summed E-state index contributed by atoms with van der Waals surface area (Å²) in [4.78, 5) is 34.0. The normalized spacial score (nSPS) is 17.1. The molecule has 1 aliphatic rings. The predicted molar refractivity (Wildman–Crippen MR) is 138 cm³/mol. The van der Waals surface area contributed by atoms with E-state index in [0.717, 1.165) is 23.8 Å². The van der Waals surface area contributed by atoms with Crippen LogP contribution in [-0.4, -0.2) is 43.0 Å². The van der Waals surface area contributed by atoms with E-state index in [1.54, 1.807) is 12.1 Å². The number of carbonyl (C=O) groups is 1. The Hall–Kier alpha value is -3.66. The number of rotatable bonds is 7. The Morgan fingerprint density at radius 3 is 2.53 bits per heavy atom. The number of nitrogens with zero attached hydrogens (tertiary/aromatic N) is 2. The number of aromatic amines is 1. The van der Waals surface area contributed by atoms with Gasteiger partial charge in [-0.1, -0.05) is 6.92 Å². The van der Waals surface area contributed by atoms with Crippen molar-refractivity contribution in [3.8, 4) is 17.0 Å². The Labute approximate surface area is 210 Å². The number of anilines is 1. The maximum absolute atomic E-state index is 13.3. The molecule has 1 atom stereocenters. The molecule has 190 valence electrons. The summed E-state index contributed by atoms with van der Waals surface area (Å²) in [6, 6.07) is 13.3. The van der Waals surface area contributed by atoms with E-state index < -0.39 is 26.4 Å². The summed E-state index contributed by atoms with van der Waals surface area (Å²) >= 11 is 0. The molecule has 1 unspecified atom stereocenters. The standard InChI is InChI=1S/C26H30N4O5S/c1-5-35-19-10-8-18(9-11-19)21-13-12-20(23(28-21)30-16-14-17(2)26(30,3)4)24(31)29-36(33,34)22-7-6-15-27-25(22)32/h6-13,15,17H,5,14,16H2,1-4H3,(H,27,32)(H,29,31). The second kappa shape index (κ2) is 9.77. The molecule has 2 aromatic heterocycles. The number of hydrogen-bond donors (Lipinski definition) is 2. The van der Waals surface area contributed by atoms with Gasteiger partial charge < -0.3 is 14.6 Å². The molecule has 0 saturated carbocycles. The zero-order valence-electron chi connectivity index (χ0n) is 20.7. The van der Waals surface area contributed by atoms with Crippen molar-refractivity contribution in [2.75, 3.05) is 18.1 Å². The number of aromatic nitrogens is 2. The van der Waals surface area contributed by atoms with Crippen molar-refractivity contribution in [3.05, 3.63) is 70.6 Å². The number of pyridine rings is 2. The molecule has 1 amide bonds. The van der Waals surface area contributed by atoms with E-state index in [0.29, 0.717) is 30.6 Å². The van der Waals surface area contributed by atoms with Gasteiger partial charge >= 0.3 is 0 Å². The third-order valence-corrected chi connectivity index (χ3v) is 8.18. The van der Waals surface area contributed by atoms with Crippen LogP contribution in [0.25, 0.3) is 11.3 Å². The molecule has 2 N–H and O–H groups in total. The average molecular weight is 511 g/mol. The number of nitrogens with one attached hydrogen (secondary N) is 2. The Morgan fingerprint density at radius 2 is 1.92 bits per heavy atom. The number of benzene rings is 1. The first kappa shape index (κ1) is 25.4. The highest BCUT2D eigenvalue weighted by Gasteiger charge is 2.41. The van der Waals surface area contributed by atoms with Gasteiger partial charge in [0.15, 0.2) is 4.90 Å². The van der Waals surface area contributed by atoms with Crippen LogP contribution in [-0.2, 0) is 10.0 Å². The topological polar surface area (TPSA) is 121 Å².